The third kappa shape index (κ3) is 3.71. The van der Waals surface area contributed by atoms with Gasteiger partial charge in [0.25, 0.3) is 5.69 Å². The first-order valence-electron chi connectivity index (χ1n) is 8.28. The van der Waals surface area contributed by atoms with Crippen molar-refractivity contribution in [3.63, 3.8) is 0 Å². The van der Waals surface area contributed by atoms with Crippen molar-refractivity contribution in [3.8, 4) is 11.5 Å². The van der Waals surface area contributed by atoms with Gasteiger partial charge < -0.3 is 9.84 Å². The highest BCUT2D eigenvalue weighted by atomic mass is 16.6. The van der Waals surface area contributed by atoms with Crippen molar-refractivity contribution >= 4 is 5.69 Å². The minimum absolute atomic E-state index is 0.0383. The molecular weight excluding hydrogens is 322 g/mol. The molecule has 1 aromatic heterocycles. The van der Waals surface area contributed by atoms with Crippen molar-refractivity contribution in [2.75, 3.05) is 13.7 Å². The zero-order chi connectivity index (χ0) is 17.8. The number of piperidine rings is 1. The number of methoxy groups -OCH3 is 1. The van der Waals surface area contributed by atoms with E-state index in [1.807, 2.05) is 18.3 Å². The van der Waals surface area contributed by atoms with Gasteiger partial charge in [-0.2, -0.15) is 0 Å². The fourth-order valence-corrected chi connectivity index (χ4v) is 3.38. The average molecular weight is 343 g/mol. The number of hydrogen-bond donors (Lipinski definition) is 1. The van der Waals surface area contributed by atoms with Gasteiger partial charge in [-0.05, 0) is 31.0 Å². The van der Waals surface area contributed by atoms with Gasteiger partial charge >= 0.3 is 0 Å². The Hall–Kier alpha value is -2.67. The molecule has 25 heavy (non-hydrogen) atoms. The van der Waals surface area contributed by atoms with Crippen LogP contribution < -0.4 is 4.74 Å². The second-order valence-electron chi connectivity index (χ2n) is 6.18. The fraction of sp³-hybridized carbons (Fsp3) is 0.389. The van der Waals surface area contributed by atoms with Gasteiger partial charge in [-0.1, -0.05) is 12.5 Å². The molecule has 7 heteroatoms. The standard InChI is InChI=1S/C18H21N3O4/c1-25-17-10-15(21(23)24)9-14(18(17)22)12-20-8-3-2-6-16(20)13-5-4-7-19-11-13/h4-5,7,9-11,16,22H,2-3,6,8,12H2,1H3/t16-/m0/s1. The maximum absolute atomic E-state index is 11.2. The number of nitrogens with zero attached hydrogens (tertiary/aromatic N) is 3. The summed E-state index contributed by atoms with van der Waals surface area (Å²) >= 11 is 0. The Morgan fingerprint density at radius 1 is 1.44 bits per heavy atom. The molecule has 0 amide bonds. The van der Waals surface area contributed by atoms with E-state index in [0.717, 1.165) is 31.4 Å². The van der Waals surface area contributed by atoms with Crippen LogP contribution in [0.15, 0.2) is 36.7 Å². The summed E-state index contributed by atoms with van der Waals surface area (Å²) in [5.74, 6) is 0.0859. The van der Waals surface area contributed by atoms with Crippen LogP contribution in [0.5, 0.6) is 11.5 Å². The summed E-state index contributed by atoms with van der Waals surface area (Å²) in [5, 5.41) is 21.6. The molecule has 0 aliphatic carbocycles. The number of phenols is 1. The van der Waals surface area contributed by atoms with E-state index in [2.05, 4.69) is 9.88 Å². The van der Waals surface area contributed by atoms with Crippen molar-refractivity contribution in [3.05, 3.63) is 57.9 Å². The highest BCUT2D eigenvalue weighted by molar-refractivity contribution is 5.53. The summed E-state index contributed by atoms with van der Waals surface area (Å²) in [7, 11) is 1.39. The van der Waals surface area contributed by atoms with E-state index in [0.29, 0.717) is 12.1 Å². The number of phenolic OH excluding ortho intramolecular Hbond substituents is 1. The number of pyridine rings is 1. The van der Waals surface area contributed by atoms with Crippen molar-refractivity contribution in [1.82, 2.24) is 9.88 Å². The number of nitro groups is 1. The van der Waals surface area contributed by atoms with Gasteiger partial charge in [0.2, 0.25) is 0 Å². The van der Waals surface area contributed by atoms with Gasteiger partial charge in [-0.3, -0.25) is 20.0 Å². The van der Waals surface area contributed by atoms with Crippen LogP contribution in [0.25, 0.3) is 0 Å². The number of likely N-dealkylation sites (tertiary alicyclic amines) is 1. The van der Waals surface area contributed by atoms with Crippen LogP contribution in [0.2, 0.25) is 0 Å². The van der Waals surface area contributed by atoms with Crippen LogP contribution in [0, 0.1) is 10.1 Å². The molecule has 1 aliphatic rings. The molecule has 1 N–H and O–H groups in total. The third-order valence-electron chi connectivity index (χ3n) is 4.63. The molecule has 2 aromatic rings. The normalized spacial score (nSPS) is 18.0. The Balaban J connectivity index is 1.91. The first kappa shape index (κ1) is 17.2. The van der Waals surface area contributed by atoms with Crippen LogP contribution in [0.3, 0.4) is 0 Å². The predicted octanol–water partition coefficient (Wildman–Crippen LogP) is 3.43. The highest BCUT2D eigenvalue weighted by Crippen LogP contribution is 2.38. The van der Waals surface area contributed by atoms with Gasteiger partial charge in [0.05, 0.1) is 18.1 Å². The number of hydrogen-bond acceptors (Lipinski definition) is 6. The highest BCUT2D eigenvalue weighted by Gasteiger charge is 2.26. The summed E-state index contributed by atoms with van der Waals surface area (Å²) in [4.78, 5) is 17.1. The van der Waals surface area contributed by atoms with Crippen LogP contribution in [0.4, 0.5) is 5.69 Å². The molecule has 1 fully saturated rings. The van der Waals surface area contributed by atoms with Crippen LogP contribution in [-0.4, -0.2) is 33.6 Å². The Labute approximate surface area is 146 Å². The number of aromatic nitrogens is 1. The number of ether oxygens (including phenoxy) is 1. The van der Waals surface area contributed by atoms with E-state index in [4.69, 9.17) is 4.74 Å². The molecule has 3 rings (SSSR count). The maximum Gasteiger partial charge on any atom is 0.273 e. The van der Waals surface area contributed by atoms with Gasteiger partial charge in [-0.25, -0.2) is 0 Å². The SMILES string of the molecule is COc1cc([N+](=O)[O-])cc(CN2CCCC[C@H]2c2cccnc2)c1O. The van der Waals surface area contributed by atoms with Crippen molar-refractivity contribution in [2.24, 2.45) is 0 Å². The van der Waals surface area contributed by atoms with Gasteiger partial charge in [0.15, 0.2) is 11.5 Å². The summed E-state index contributed by atoms with van der Waals surface area (Å²) in [5.41, 5.74) is 1.54. The lowest BCUT2D eigenvalue weighted by molar-refractivity contribution is -0.385. The lowest BCUT2D eigenvalue weighted by Crippen LogP contribution is -2.33. The minimum atomic E-state index is -0.472. The Morgan fingerprint density at radius 3 is 2.96 bits per heavy atom. The van der Waals surface area contributed by atoms with E-state index in [-0.39, 0.29) is 23.2 Å². The third-order valence-corrected chi connectivity index (χ3v) is 4.63. The Kier molecular flexibility index (Phi) is 5.14. The predicted molar refractivity (Wildman–Crippen MR) is 92.6 cm³/mol. The Morgan fingerprint density at radius 2 is 2.28 bits per heavy atom. The van der Waals surface area contributed by atoms with Crippen molar-refractivity contribution in [2.45, 2.75) is 31.8 Å². The van der Waals surface area contributed by atoms with E-state index in [1.54, 1.807) is 6.20 Å². The molecule has 7 nitrogen and oxygen atoms in total. The second-order valence-corrected chi connectivity index (χ2v) is 6.18. The first-order chi connectivity index (χ1) is 12.1. The van der Waals surface area contributed by atoms with E-state index in [1.165, 1.54) is 19.2 Å². The number of benzene rings is 1. The summed E-state index contributed by atoms with van der Waals surface area (Å²) < 4.78 is 5.09. The molecule has 1 aliphatic heterocycles. The molecule has 1 atom stereocenters. The number of aromatic hydroxyl groups is 1. The molecule has 0 unspecified atom stereocenters. The molecule has 0 saturated carbocycles. The lowest BCUT2D eigenvalue weighted by atomic mass is 9.95. The molecule has 1 saturated heterocycles. The molecule has 132 valence electrons. The lowest BCUT2D eigenvalue weighted by Gasteiger charge is -2.36. The number of nitro benzene ring substituents is 1. The molecule has 2 heterocycles. The van der Waals surface area contributed by atoms with Crippen molar-refractivity contribution in [1.29, 1.82) is 0 Å². The smallest absolute Gasteiger partial charge is 0.273 e. The minimum Gasteiger partial charge on any atom is -0.504 e. The number of non-ortho nitro benzene ring substituents is 1. The first-order valence-corrected chi connectivity index (χ1v) is 8.28. The molecular formula is C18H21N3O4. The second kappa shape index (κ2) is 7.48. The molecule has 0 bridgehead atoms. The maximum atomic E-state index is 11.2. The number of rotatable bonds is 5. The largest absolute Gasteiger partial charge is 0.504 e. The van der Waals surface area contributed by atoms with Gasteiger partial charge in [0, 0.05) is 36.6 Å². The zero-order valence-electron chi connectivity index (χ0n) is 14.1. The van der Waals surface area contributed by atoms with E-state index < -0.39 is 4.92 Å². The van der Waals surface area contributed by atoms with Crippen LogP contribution >= 0.6 is 0 Å². The molecule has 0 radical (unpaired) electrons. The van der Waals surface area contributed by atoms with E-state index in [9.17, 15) is 15.2 Å². The van der Waals surface area contributed by atoms with E-state index >= 15 is 0 Å². The quantitative estimate of drug-likeness (QED) is 0.661. The van der Waals surface area contributed by atoms with Crippen LogP contribution in [-0.2, 0) is 6.54 Å². The molecule has 1 aromatic carbocycles. The van der Waals surface area contributed by atoms with Crippen LogP contribution in [0.1, 0.15) is 36.4 Å². The fourth-order valence-electron chi connectivity index (χ4n) is 3.38. The van der Waals surface area contributed by atoms with Gasteiger partial charge in [-0.15, -0.1) is 0 Å². The Bertz CT molecular complexity index is 751. The zero-order valence-corrected chi connectivity index (χ0v) is 14.1. The topological polar surface area (TPSA) is 88.7 Å². The monoisotopic (exact) mass is 343 g/mol. The molecule has 0 spiro atoms. The summed E-state index contributed by atoms with van der Waals surface area (Å²) in [6, 6.07) is 6.81. The average Bonchev–Trinajstić information content (AvgIpc) is 2.64. The summed E-state index contributed by atoms with van der Waals surface area (Å²) in [6.45, 7) is 1.29. The summed E-state index contributed by atoms with van der Waals surface area (Å²) in [6.07, 6.45) is 6.78. The van der Waals surface area contributed by atoms with Crippen molar-refractivity contribution < 1.29 is 14.8 Å². The van der Waals surface area contributed by atoms with Gasteiger partial charge in [0.1, 0.15) is 0 Å².